The minimum atomic E-state index is 0.690. The van der Waals surface area contributed by atoms with Crippen LogP contribution in [0.2, 0.25) is 0 Å². The topological polar surface area (TPSA) is 21.3 Å². The summed E-state index contributed by atoms with van der Waals surface area (Å²) in [4.78, 5) is 0. The Balaban J connectivity index is 1.70. The highest BCUT2D eigenvalue weighted by Crippen LogP contribution is 2.22. The van der Waals surface area contributed by atoms with Crippen LogP contribution in [0.5, 0.6) is 0 Å². The Kier molecular flexibility index (Phi) is 3.52. The van der Waals surface area contributed by atoms with Gasteiger partial charge in [0.25, 0.3) is 0 Å². The normalized spacial score (nSPS) is 28.4. The van der Waals surface area contributed by atoms with Crippen molar-refractivity contribution in [2.45, 2.75) is 31.8 Å². The quantitative estimate of drug-likeness (QED) is 0.748. The van der Waals surface area contributed by atoms with E-state index in [1.165, 1.54) is 24.3 Å². The Morgan fingerprint density at radius 1 is 1.31 bits per heavy atom. The van der Waals surface area contributed by atoms with Crippen molar-refractivity contribution in [3.8, 4) is 0 Å². The zero-order valence-corrected chi connectivity index (χ0v) is 9.11. The highest BCUT2D eigenvalue weighted by atomic mass is 32.2. The second-order valence-corrected chi connectivity index (χ2v) is 5.21. The summed E-state index contributed by atoms with van der Waals surface area (Å²) in [5, 5.41) is 3.71. The van der Waals surface area contributed by atoms with Gasteiger partial charge >= 0.3 is 0 Å². The molecule has 2 heterocycles. The lowest BCUT2D eigenvalue weighted by molar-refractivity contribution is 0.0549. The lowest BCUT2D eigenvalue weighted by Gasteiger charge is -2.34. The van der Waals surface area contributed by atoms with Gasteiger partial charge in [-0.1, -0.05) is 0 Å². The van der Waals surface area contributed by atoms with Crippen LogP contribution in [0.1, 0.15) is 19.8 Å². The molecule has 76 valence electrons. The average molecular weight is 201 g/mol. The van der Waals surface area contributed by atoms with Gasteiger partial charge in [0.15, 0.2) is 0 Å². The van der Waals surface area contributed by atoms with Crippen LogP contribution in [-0.4, -0.2) is 36.8 Å². The lowest BCUT2D eigenvalue weighted by atomic mass is 9.92. The van der Waals surface area contributed by atoms with E-state index >= 15 is 0 Å². The molecule has 0 aromatic heterocycles. The number of ether oxygens (including phenoxy) is 1. The molecule has 2 aliphatic heterocycles. The van der Waals surface area contributed by atoms with Crippen molar-refractivity contribution in [1.82, 2.24) is 5.32 Å². The van der Waals surface area contributed by atoms with E-state index in [-0.39, 0.29) is 0 Å². The molecule has 1 unspecified atom stereocenters. The molecule has 0 saturated carbocycles. The van der Waals surface area contributed by atoms with E-state index in [1.54, 1.807) is 0 Å². The molecule has 1 atom stereocenters. The summed E-state index contributed by atoms with van der Waals surface area (Å²) < 4.78 is 5.36. The minimum absolute atomic E-state index is 0.690. The van der Waals surface area contributed by atoms with E-state index in [0.29, 0.717) is 6.04 Å². The highest BCUT2D eigenvalue weighted by molar-refractivity contribution is 8.00. The summed E-state index contributed by atoms with van der Waals surface area (Å²) in [7, 11) is 0. The number of nitrogens with one attached hydrogen (secondary N) is 1. The molecule has 1 N–H and O–H groups in total. The second-order valence-electron chi connectivity index (χ2n) is 4.14. The second kappa shape index (κ2) is 4.67. The van der Waals surface area contributed by atoms with Crippen molar-refractivity contribution < 1.29 is 4.74 Å². The lowest BCUT2D eigenvalue weighted by Crippen LogP contribution is -2.48. The minimum Gasteiger partial charge on any atom is -0.381 e. The zero-order valence-electron chi connectivity index (χ0n) is 8.29. The molecule has 0 aromatic carbocycles. The van der Waals surface area contributed by atoms with Crippen LogP contribution in [0.4, 0.5) is 0 Å². The number of hydrogen-bond acceptors (Lipinski definition) is 3. The van der Waals surface area contributed by atoms with Crippen LogP contribution in [0.15, 0.2) is 0 Å². The molecule has 2 saturated heterocycles. The maximum Gasteiger partial charge on any atom is 0.0469 e. The van der Waals surface area contributed by atoms with Crippen molar-refractivity contribution >= 4 is 11.8 Å². The molecule has 3 heteroatoms. The Hall–Kier alpha value is 0.270. The first-order valence-electron chi connectivity index (χ1n) is 5.28. The summed E-state index contributed by atoms with van der Waals surface area (Å²) in [6, 6.07) is 1.48. The van der Waals surface area contributed by atoms with E-state index in [2.05, 4.69) is 12.2 Å². The predicted octanol–water partition coefficient (Wildman–Crippen LogP) is 1.51. The fourth-order valence-corrected chi connectivity index (χ4v) is 2.72. The van der Waals surface area contributed by atoms with Crippen LogP contribution in [0, 0.1) is 5.92 Å². The van der Waals surface area contributed by atoms with Crippen LogP contribution >= 0.6 is 11.8 Å². The molecule has 0 spiro atoms. The molecule has 0 radical (unpaired) electrons. The molecule has 0 aliphatic carbocycles. The van der Waals surface area contributed by atoms with Crippen molar-refractivity contribution in [2.24, 2.45) is 5.92 Å². The van der Waals surface area contributed by atoms with E-state index in [0.717, 1.165) is 25.2 Å². The Morgan fingerprint density at radius 3 is 2.54 bits per heavy atom. The van der Waals surface area contributed by atoms with Gasteiger partial charge in [-0.15, -0.1) is 0 Å². The summed E-state index contributed by atoms with van der Waals surface area (Å²) >= 11 is 2.05. The summed E-state index contributed by atoms with van der Waals surface area (Å²) in [6.45, 7) is 4.27. The van der Waals surface area contributed by atoms with Gasteiger partial charge in [-0.25, -0.2) is 0 Å². The van der Waals surface area contributed by atoms with Gasteiger partial charge in [0.2, 0.25) is 0 Å². The molecule has 0 amide bonds. The van der Waals surface area contributed by atoms with Gasteiger partial charge in [-0.3, -0.25) is 0 Å². The Labute approximate surface area is 84.8 Å². The van der Waals surface area contributed by atoms with Gasteiger partial charge < -0.3 is 10.1 Å². The van der Waals surface area contributed by atoms with E-state index in [1.807, 2.05) is 11.8 Å². The van der Waals surface area contributed by atoms with Gasteiger partial charge in [0.1, 0.15) is 0 Å². The fourth-order valence-electron chi connectivity index (χ4n) is 2.06. The van der Waals surface area contributed by atoms with Crippen LogP contribution < -0.4 is 5.32 Å². The summed E-state index contributed by atoms with van der Waals surface area (Å²) in [6.07, 6.45) is 2.49. The van der Waals surface area contributed by atoms with Crippen LogP contribution in [0.25, 0.3) is 0 Å². The number of hydrogen-bond donors (Lipinski definition) is 1. The fraction of sp³-hybridized carbons (Fsp3) is 1.00. The van der Waals surface area contributed by atoms with E-state index < -0.39 is 0 Å². The molecule has 2 nitrogen and oxygen atoms in total. The third-order valence-corrected chi connectivity index (χ3v) is 4.39. The third kappa shape index (κ3) is 2.61. The SMILES string of the molecule is CC(NC1CSC1)C1CCOCC1. The molecule has 0 aromatic rings. The number of thioether (sulfide) groups is 1. The first-order chi connectivity index (χ1) is 6.36. The highest BCUT2D eigenvalue weighted by Gasteiger charge is 2.25. The van der Waals surface area contributed by atoms with Crippen LogP contribution in [-0.2, 0) is 4.74 Å². The average Bonchev–Trinajstić information content (AvgIpc) is 2.12. The first kappa shape index (κ1) is 9.81. The van der Waals surface area contributed by atoms with Crippen molar-refractivity contribution in [3.63, 3.8) is 0 Å². The molecule has 2 fully saturated rings. The van der Waals surface area contributed by atoms with Gasteiger partial charge in [-0.2, -0.15) is 11.8 Å². The monoisotopic (exact) mass is 201 g/mol. The zero-order chi connectivity index (χ0) is 9.10. The van der Waals surface area contributed by atoms with Gasteiger partial charge in [0.05, 0.1) is 0 Å². The van der Waals surface area contributed by atoms with Crippen molar-refractivity contribution in [3.05, 3.63) is 0 Å². The Morgan fingerprint density at radius 2 is 2.00 bits per heavy atom. The predicted molar refractivity (Wildman–Crippen MR) is 57.3 cm³/mol. The smallest absolute Gasteiger partial charge is 0.0469 e. The molecule has 0 bridgehead atoms. The van der Waals surface area contributed by atoms with Crippen molar-refractivity contribution in [2.75, 3.05) is 24.7 Å². The molecular formula is C10H19NOS. The Bertz CT molecular complexity index is 155. The summed E-state index contributed by atoms with van der Waals surface area (Å²) in [5.41, 5.74) is 0. The first-order valence-corrected chi connectivity index (χ1v) is 6.43. The molecular weight excluding hydrogens is 182 g/mol. The van der Waals surface area contributed by atoms with E-state index in [9.17, 15) is 0 Å². The third-order valence-electron chi connectivity index (χ3n) is 3.11. The maximum absolute atomic E-state index is 5.36. The largest absolute Gasteiger partial charge is 0.381 e. The molecule has 2 rings (SSSR count). The standard InChI is InChI=1S/C10H19NOS/c1-8(11-10-6-13-7-10)9-2-4-12-5-3-9/h8-11H,2-7H2,1H3. The van der Waals surface area contributed by atoms with Gasteiger partial charge in [0, 0.05) is 36.8 Å². The maximum atomic E-state index is 5.36. The van der Waals surface area contributed by atoms with Crippen molar-refractivity contribution in [1.29, 1.82) is 0 Å². The number of rotatable bonds is 3. The summed E-state index contributed by atoms with van der Waals surface area (Å²) in [5.74, 6) is 3.47. The molecule has 13 heavy (non-hydrogen) atoms. The molecule has 2 aliphatic rings. The van der Waals surface area contributed by atoms with Crippen LogP contribution in [0.3, 0.4) is 0 Å². The van der Waals surface area contributed by atoms with E-state index in [4.69, 9.17) is 4.74 Å². The van der Waals surface area contributed by atoms with Gasteiger partial charge in [-0.05, 0) is 25.7 Å².